The zero-order chi connectivity index (χ0) is 23.5. The van der Waals surface area contributed by atoms with Gasteiger partial charge >= 0.3 is 0 Å². The molecule has 2 N–H and O–H groups in total. The van der Waals surface area contributed by atoms with Crippen molar-refractivity contribution in [1.29, 1.82) is 0 Å². The number of para-hydroxylation sites is 1. The van der Waals surface area contributed by atoms with Gasteiger partial charge in [-0.2, -0.15) is 4.31 Å². The average Bonchev–Trinajstić information content (AvgIpc) is 2.73. The Hall–Kier alpha value is -2.47. The highest BCUT2D eigenvalue weighted by Crippen LogP contribution is 2.36. The number of nitrogens with zero attached hydrogens (tertiary/aromatic N) is 3. The number of hydrogen-bond acceptors (Lipinski definition) is 8. The van der Waals surface area contributed by atoms with Crippen molar-refractivity contribution >= 4 is 38.9 Å². The van der Waals surface area contributed by atoms with E-state index in [4.69, 9.17) is 25.2 Å². The number of benzene rings is 1. The van der Waals surface area contributed by atoms with Crippen LogP contribution in [-0.2, 0) is 14.8 Å². The Bertz CT molecular complexity index is 1110. The fourth-order valence-electron chi connectivity index (χ4n) is 2.79. The van der Waals surface area contributed by atoms with E-state index in [9.17, 15) is 13.2 Å². The summed E-state index contributed by atoms with van der Waals surface area (Å²) in [5.41, 5.74) is -0.158. The molecule has 1 aromatic heterocycles. The molecule has 1 amide bonds. The Morgan fingerprint density at radius 2 is 2.07 bits per heavy atom. The Morgan fingerprint density at radius 3 is 2.76 bits per heavy atom. The molecule has 1 fully saturated rings. The predicted octanol–water partition coefficient (Wildman–Crippen LogP) is 1.26. The summed E-state index contributed by atoms with van der Waals surface area (Å²) < 4.78 is 59.8. The van der Waals surface area contributed by atoms with Crippen molar-refractivity contribution in [2.24, 2.45) is 0 Å². The topological polar surface area (TPSA) is 123 Å². The molecule has 1 saturated heterocycles. The van der Waals surface area contributed by atoms with Gasteiger partial charge < -0.3 is 20.1 Å². The Morgan fingerprint density at radius 1 is 1.31 bits per heavy atom. The summed E-state index contributed by atoms with van der Waals surface area (Å²) in [4.78, 5) is 12.3. The second-order valence-electron chi connectivity index (χ2n) is 5.86. The third kappa shape index (κ3) is 4.42. The molecule has 0 saturated carbocycles. The Balaban J connectivity index is 2.01. The molecule has 0 radical (unpaired) electrons. The highest BCUT2D eigenvalue weighted by Gasteiger charge is 2.30. The fraction of sp³-hybridized carbons (Fsp3) is 0.353. The lowest BCUT2D eigenvalue weighted by Crippen LogP contribution is -2.40. The monoisotopic (exact) mass is 444 g/mol. The molecule has 2 aromatic rings. The summed E-state index contributed by atoms with van der Waals surface area (Å²) >= 11 is 5.90. The number of methoxy groups -OCH3 is 1. The first kappa shape index (κ1) is 17.4. The van der Waals surface area contributed by atoms with E-state index >= 15 is 0 Å². The number of amides is 1. The number of nitrogens with one attached hydrogen (secondary N) is 2. The first-order valence-electron chi connectivity index (χ1n) is 9.90. The SMILES string of the molecule is [2H]C([2H])([2H])NC(=O)c1nnc(Cl)cc1Nc1cccc(S(=O)(=O)N2CCOCC2)c1OC. The Labute approximate surface area is 177 Å². The highest BCUT2D eigenvalue weighted by molar-refractivity contribution is 7.89. The summed E-state index contributed by atoms with van der Waals surface area (Å²) in [5.74, 6) is -1.03. The molecule has 1 aliphatic heterocycles. The van der Waals surface area contributed by atoms with Crippen LogP contribution >= 0.6 is 11.6 Å². The molecule has 1 aliphatic rings. The fourth-order valence-corrected chi connectivity index (χ4v) is 4.52. The van der Waals surface area contributed by atoms with E-state index in [1.165, 1.54) is 35.7 Å². The summed E-state index contributed by atoms with van der Waals surface area (Å²) in [6.45, 7) is -1.79. The van der Waals surface area contributed by atoms with Gasteiger partial charge in [0, 0.05) is 30.2 Å². The number of anilines is 2. The predicted molar refractivity (Wildman–Crippen MR) is 106 cm³/mol. The molecule has 156 valence electrons. The lowest BCUT2D eigenvalue weighted by atomic mass is 10.2. The minimum atomic E-state index is -3.90. The molecular weight excluding hydrogens is 422 g/mol. The van der Waals surface area contributed by atoms with Crippen LogP contribution in [0.5, 0.6) is 5.75 Å². The van der Waals surface area contributed by atoms with Crippen LogP contribution in [0.2, 0.25) is 5.15 Å². The highest BCUT2D eigenvalue weighted by atomic mass is 35.5. The first-order chi connectivity index (χ1) is 15.0. The van der Waals surface area contributed by atoms with Gasteiger partial charge in [-0.15, -0.1) is 10.2 Å². The molecule has 29 heavy (non-hydrogen) atoms. The molecule has 0 bridgehead atoms. The van der Waals surface area contributed by atoms with Crippen LogP contribution in [0.1, 0.15) is 14.6 Å². The minimum Gasteiger partial charge on any atom is -0.493 e. The standard InChI is InChI=1S/C17H20ClN5O5S/c1-19-17(24)15-12(10-14(18)21-22-15)20-11-4-3-5-13(16(11)27-2)29(25,26)23-6-8-28-9-7-23/h3-5,10H,6-9H2,1-2H3,(H,19,24)(H,20,21)/i1D3. The van der Waals surface area contributed by atoms with E-state index in [0.29, 0.717) is 0 Å². The van der Waals surface area contributed by atoms with Gasteiger partial charge in [-0.25, -0.2) is 8.42 Å². The van der Waals surface area contributed by atoms with Crippen LogP contribution in [0.3, 0.4) is 0 Å². The van der Waals surface area contributed by atoms with Crippen molar-refractivity contribution in [3.8, 4) is 5.75 Å². The van der Waals surface area contributed by atoms with Gasteiger partial charge in [0.25, 0.3) is 5.91 Å². The summed E-state index contributed by atoms with van der Waals surface area (Å²) in [5, 5.41) is 11.8. The largest absolute Gasteiger partial charge is 0.493 e. The van der Waals surface area contributed by atoms with Crippen molar-refractivity contribution in [3.05, 3.63) is 35.1 Å². The molecule has 0 atom stereocenters. The number of carbonyl (C=O) groups excluding carboxylic acids is 1. The number of rotatable bonds is 6. The first-order valence-corrected chi connectivity index (χ1v) is 10.2. The number of morpholine rings is 1. The van der Waals surface area contributed by atoms with Crippen LogP contribution < -0.4 is 15.4 Å². The van der Waals surface area contributed by atoms with E-state index in [2.05, 4.69) is 15.5 Å². The third-order valence-electron chi connectivity index (χ3n) is 4.13. The number of ether oxygens (including phenoxy) is 2. The van der Waals surface area contributed by atoms with Gasteiger partial charge in [0.15, 0.2) is 16.6 Å². The van der Waals surface area contributed by atoms with E-state index in [1.807, 2.05) is 5.32 Å². The molecular formula is C17H20ClN5O5S. The normalized spacial score (nSPS) is 17.0. The quantitative estimate of drug-likeness (QED) is 0.682. The lowest BCUT2D eigenvalue weighted by molar-refractivity contribution is 0.0729. The van der Waals surface area contributed by atoms with Crippen molar-refractivity contribution in [3.63, 3.8) is 0 Å². The van der Waals surface area contributed by atoms with Crippen LogP contribution in [0, 0.1) is 0 Å². The number of aromatic nitrogens is 2. The maximum atomic E-state index is 13.2. The van der Waals surface area contributed by atoms with Gasteiger partial charge in [0.2, 0.25) is 10.0 Å². The van der Waals surface area contributed by atoms with Crippen LogP contribution in [-0.4, -0.2) is 69.2 Å². The maximum Gasteiger partial charge on any atom is 0.273 e. The average molecular weight is 445 g/mol. The third-order valence-corrected chi connectivity index (χ3v) is 6.24. The summed E-state index contributed by atoms with van der Waals surface area (Å²) in [6.07, 6.45) is 0. The number of sulfonamides is 1. The molecule has 3 rings (SSSR count). The van der Waals surface area contributed by atoms with Crippen molar-refractivity contribution < 1.29 is 26.8 Å². The van der Waals surface area contributed by atoms with Crippen LogP contribution in [0.15, 0.2) is 29.2 Å². The molecule has 1 aromatic carbocycles. The maximum absolute atomic E-state index is 13.2. The van der Waals surface area contributed by atoms with Gasteiger partial charge in [0.05, 0.1) is 31.7 Å². The molecule has 2 heterocycles. The molecule has 0 spiro atoms. The van der Waals surface area contributed by atoms with Gasteiger partial charge in [-0.3, -0.25) is 4.79 Å². The second kappa shape index (κ2) is 8.91. The van der Waals surface area contributed by atoms with E-state index < -0.39 is 22.9 Å². The molecule has 10 nitrogen and oxygen atoms in total. The minimum absolute atomic E-state index is 0.00546. The van der Waals surface area contributed by atoms with Gasteiger partial charge in [-0.1, -0.05) is 17.7 Å². The van der Waals surface area contributed by atoms with Gasteiger partial charge in [0.1, 0.15) is 4.90 Å². The van der Waals surface area contributed by atoms with E-state index in [0.717, 1.165) is 0 Å². The van der Waals surface area contributed by atoms with Crippen molar-refractivity contribution in [1.82, 2.24) is 19.8 Å². The molecule has 0 aliphatic carbocycles. The van der Waals surface area contributed by atoms with E-state index in [1.54, 1.807) is 0 Å². The zero-order valence-corrected chi connectivity index (χ0v) is 16.9. The zero-order valence-electron chi connectivity index (χ0n) is 18.3. The summed E-state index contributed by atoms with van der Waals surface area (Å²) in [7, 11) is -2.59. The Kier molecular flexibility index (Phi) is 5.34. The van der Waals surface area contributed by atoms with Crippen LogP contribution in [0.25, 0.3) is 0 Å². The molecule has 0 unspecified atom stereocenters. The molecule has 12 heteroatoms. The van der Waals surface area contributed by atoms with Crippen molar-refractivity contribution in [2.45, 2.75) is 4.90 Å². The van der Waals surface area contributed by atoms with Gasteiger partial charge in [-0.05, 0) is 12.1 Å². The van der Waals surface area contributed by atoms with Crippen molar-refractivity contribution in [2.75, 3.05) is 45.7 Å². The van der Waals surface area contributed by atoms with Crippen LogP contribution in [0.4, 0.5) is 11.4 Å². The smallest absolute Gasteiger partial charge is 0.273 e. The second-order valence-corrected chi connectivity index (χ2v) is 8.16. The lowest BCUT2D eigenvalue weighted by Gasteiger charge is -2.27. The number of carbonyl (C=O) groups is 1. The summed E-state index contributed by atoms with van der Waals surface area (Å²) in [6, 6.07) is 5.67. The van der Waals surface area contributed by atoms with E-state index in [-0.39, 0.29) is 59.2 Å². The number of hydrogen-bond donors (Lipinski definition) is 2. The number of halogens is 1.